The van der Waals surface area contributed by atoms with Crippen molar-refractivity contribution in [2.24, 2.45) is 0 Å². The number of nitrogens with zero attached hydrogens (tertiary/aromatic N) is 1. The third-order valence-corrected chi connectivity index (χ3v) is 6.33. The number of amides is 2. The molecule has 0 atom stereocenters. The van der Waals surface area contributed by atoms with Crippen LogP contribution in [-0.4, -0.2) is 16.9 Å². The molecule has 0 radical (unpaired) electrons. The maximum Gasteiger partial charge on any atom is 0.270 e. The molecule has 156 valence electrons. The maximum atomic E-state index is 13.2. The van der Waals surface area contributed by atoms with E-state index >= 15 is 0 Å². The first-order valence-electron chi connectivity index (χ1n) is 9.34. The van der Waals surface area contributed by atoms with Crippen LogP contribution in [-0.2, 0) is 9.59 Å². The van der Waals surface area contributed by atoms with Gasteiger partial charge in [0.1, 0.15) is 11.3 Å². The van der Waals surface area contributed by atoms with Crippen LogP contribution in [0.4, 0.5) is 5.69 Å². The van der Waals surface area contributed by atoms with Crippen molar-refractivity contribution in [3.63, 3.8) is 0 Å². The largest absolute Gasteiger partial charge is 0.450 e. The first-order chi connectivity index (χ1) is 14.8. The van der Waals surface area contributed by atoms with E-state index in [1.54, 1.807) is 37.3 Å². The fourth-order valence-electron chi connectivity index (χ4n) is 3.05. The van der Waals surface area contributed by atoms with Gasteiger partial charge in [0, 0.05) is 9.92 Å². The molecule has 0 aliphatic carbocycles. The molecule has 1 N–H and O–H groups in total. The second-order valence-electron chi connectivity index (χ2n) is 6.91. The molecule has 1 saturated heterocycles. The molecule has 1 fully saturated rings. The summed E-state index contributed by atoms with van der Waals surface area (Å²) in [5.74, 6) is -0.720. The maximum absolute atomic E-state index is 13.2. The van der Waals surface area contributed by atoms with Gasteiger partial charge in [-0.25, -0.2) is 0 Å². The van der Waals surface area contributed by atoms with Crippen LogP contribution in [0.5, 0.6) is 0 Å². The minimum atomic E-state index is -0.574. The highest BCUT2D eigenvalue weighted by Gasteiger charge is 2.35. The Morgan fingerprint density at radius 3 is 2.55 bits per heavy atom. The number of aryl methyl sites for hydroxylation is 1. The number of rotatable bonds is 4. The van der Waals surface area contributed by atoms with Gasteiger partial charge >= 0.3 is 0 Å². The van der Waals surface area contributed by atoms with Gasteiger partial charge in [-0.15, -0.1) is 0 Å². The topological polar surface area (TPSA) is 62.6 Å². The molecular formula is C23H17ClN2O3S2. The zero-order chi connectivity index (χ0) is 22.1. The Hall–Kier alpha value is -2.87. The summed E-state index contributed by atoms with van der Waals surface area (Å²) in [6, 6.07) is 16.7. The van der Waals surface area contributed by atoms with Crippen molar-refractivity contribution in [3.8, 4) is 0 Å². The summed E-state index contributed by atoms with van der Waals surface area (Å²) in [5.41, 5.74) is 2.30. The number of halogens is 1. The average Bonchev–Trinajstić information content (AvgIpc) is 3.17. The Morgan fingerprint density at radius 2 is 1.81 bits per heavy atom. The number of furan rings is 1. The van der Waals surface area contributed by atoms with E-state index in [1.165, 1.54) is 28.3 Å². The van der Waals surface area contributed by atoms with Gasteiger partial charge in [0.2, 0.25) is 0 Å². The lowest BCUT2D eigenvalue weighted by atomic mass is 10.1. The van der Waals surface area contributed by atoms with Crippen LogP contribution in [0.15, 0.2) is 74.6 Å². The van der Waals surface area contributed by atoms with Gasteiger partial charge in [0.05, 0.1) is 5.69 Å². The van der Waals surface area contributed by atoms with E-state index in [4.69, 9.17) is 28.2 Å². The number of anilines is 1. The molecule has 1 aliphatic heterocycles. The van der Waals surface area contributed by atoms with E-state index in [9.17, 15) is 9.59 Å². The standard InChI is InChI=1S/C23H17ClN2O3S2/c1-13-6-9-16(10-7-13)31-20-11-8-15(29-20)12-17-21(27)25-23(30)26(22(17)28)19-5-3-4-18(24)14(19)2/h3-12H,1-2H3,(H,25,27,30)/b17-12+. The molecule has 8 heteroatoms. The Labute approximate surface area is 194 Å². The molecular weight excluding hydrogens is 452 g/mol. The predicted octanol–water partition coefficient (Wildman–Crippen LogP) is 5.53. The molecule has 31 heavy (non-hydrogen) atoms. The van der Waals surface area contributed by atoms with Crippen molar-refractivity contribution in [2.75, 3.05) is 4.90 Å². The first kappa shape index (κ1) is 21.4. The monoisotopic (exact) mass is 468 g/mol. The van der Waals surface area contributed by atoms with Gasteiger partial charge in [-0.05, 0) is 74.1 Å². The minimum absolute atomic E-state index is 0.00702. The second kappa shape index (κ2) is 8.70. The van der Waals surface area contributed by atoms with Crippen molar-refractivity contribution in [3.05, 3.63) is 82.1 Å². The van der Waals surface area contributed by atoms with Crippen LogP contribution < -0.4 is 10.2 Å². The molecule has 3 aromatic rings. The lowest BCUT2D eigenvalue weighted by Gasteiger charge is -2.30. The molecule has 4 rings (SSSR count). The van der Waals surface area contributed by atoms with Crippen LogP contribution >= 0.6 is 35.6 Å². The van der Waals surface area contributed by atoms with Gasteiger partial charge in [-0.2, -0.15) is 0 Å². The summed E-state index contributed by atoms with van der Waals surface area (Å²) < 4.78 is 5.81. The Balaban J connectivity index is 1.62. The number of hydrogen-bond acceptors (Lipinski definition) is 5. The third-order valence-electron chi connectivity index (χ3n) is 4.71. The molecule has 2 aromatic carbocycles. The highest BCUT2D eigenvalue weighted by molar-refractivity contribution is 7.99. The highest BCUT2D eigenvalue weighted by atomic mass is 35.5. The summed E-state index contributed by atoms with van der Waals surface area (Å²) in [7, 11) is 0. The van der Waals surface area contributed by atoms with Gasteiger partial charge in [0.15, 0.2) is 10.2 Å². The van der Waals surface area contributed by atoms with E-state index in [0.717, 1.165) is 4.90 Å². The summed E-state index contributed by atoms with van der Waals surface area (Å²) in [6.07, 6.45) is 1.42. The van der Waals surface area contributed by atoms with Gasteiger partial charge in [-0.3, -0.25) is 19.8 Å². The van der Waals surface area contributed by atoms with Gasteiger partial charge < -0.3 is 4.42 Å². The fourth-order valence-corrected chi connectivity index (χ4v) is 4.27. The minimum Gasteiger partial charge on any atom is -0.450 e. The average molecular weight is 469 g/mol. The lowest BCUT2D eigenvalue weighted by Crippen LogP contribution is -2.54. The molecule has 2 heterocycles. The van der Waals surface area contributed by atoms with E-state index in [0.29, 0.717) is 27.1 Å². The summed E-state index contributed by atoms with van der Waals surface area (Å²) in [5, 5.41) is 3.72. The van der Waals surface area contributed by atoms with Crippen LogP contribution in [0, 0.1) is 13.8 Å². The SMILES string of the molecule is Cc1ccc(Sc2ccc(/C=C3\C(=O)NC(=S)N(c4cccc(Cl)c4C)C3=O)o2)cc1. The van der Waals surface area contributed by atoms with Crippen LogP contribution in [0.1, 0.15) is 16.9 Å². The molecule has 0 unspecified atom stereocenters. The molecule has 0 spiro atoms. The predicted molar refractivity (Wildman–Crippen MR) is 126 cm³/mol. The van der Waals surface area contributed by atoms with Crippen molar-refractivity contribution in [1.29, 1.82) is 0 Å². The van der Waals surface area contributed by atoms with Crippen molar-refractivity contribution >= 4 is 64.3 Å². The molecule has 0 saturated carbocycles. The van der Waals surface area contributed by atoms with E-state index in [-0.39, 0.29) is 10.7 Å². The molecule has 1 aliphatic rings. The Morgan fingerprint density at radius 1 is 1.06 bits per heavy atom. The smallest absolute Gasteiger partial charge is 0.270 e. The summed E-state index contributed by atoms with van der Waals surface area (Å²) in [6.45, 7) is 3.81. The Bertz CT molecular complexity index is 1230. The summed E-state index contributed by atoms with van der Waals surface area (Å²) in [4.78, 5) is 28.0. The lowest BCUT2D eigenvalue weighted by molar-refractivity contribution is -0.122. The molecule has 0 bridgehead atoms. The quantitative estimate of drug-likeness (QED) is 0.310. The molecule has 5 nitrogen and oxygen atoms in total. The zero-order valence-electron chi connectivity index (χ0n) is 16.6. The van der Waals surface area contributed by atoms with Crippen molar-refractivity contribution in [1.82, 2.24) is 5.32 Å². The zero-order valence-corrected chi connectivity index (χ0v) is 19.0. The number of thiocarbonyl (C=S) groups is 1. The number of carbonyl (C=O) groups is 2. The number of benzene rings is 2. The number of carbonyl (C=O) groups excluding carboxylic acids is 2. The van der Waals surface area contributed by atoms with Crippen molar-refractivity contribution < 1.29 is 14.0 Å². The first-order valence-corrected chi connectivity index (χ1v) is 10.9. The van der Waals surface area contributed by atoms with Gasteiger partial charge in [0.25, 0.3) is 11.8 Å². The van der Waals surface area contributed by atoms with E-state index < -0.39 is 11.8 Å². The van der Waals surface area contributed by atoms with Crippen LogP contribution in [0.2, 0.25) is 5.02 Å². The van der Waals surface area contributed by atoms with E-state index in [2.05, 4.69) is 5.32 Å². The highest BCUT2D eigenvalue weighted by Crippen LogP contribution is 2.32. The fraction of sp³-hybridized carbons (Fsp3) is 0.0870. The van der Waals surface area contributed by atoms with Crippen LogP contribution in [0.25, 0.3) is 6.08 Å². The molecule has 1 aromatic heterocycles. The van der Waals surface area contributed by atoms with E-state index in [1.807, 2.05) is 31.2 Å². The molecule has 2 amide bonds. The third kappa shape index (κ3) is 4.44. The summed E-state index contributed by atoms with van der Waals surface area (Å²) >= 11 is 12.9. The number of hydrogen-bond donors (Lipinski definition) is 1. The van der Waals surface area contributed by atoms with Gasteiger partial charge in [-0.1, -0.05) is 47.1 Å². The van der Waals surface area contributed by atoms with Crippen LogP contribution in [0.3, 0.4) is 0 Å². The van der Waals surface area contributed by atoms with Crippen molar-refractivity contribution in [2.45, 2.75) is 23.8 Å². The normalized spacial score (nSPS) is 15.5. The number of nitrogens with one attached hydrogen (secondary N) is 1. The second-order valence-corrected chi connectivity index (χ2v) is 8.79. The Kier molecular flexibility index (Phi) is 6.00.